The zero-order valence-corrected chi connectivity index (χ0v) is 17.8. The minimum atomic E-state index is -0.423. The van der Waals surface area contributed by atoms with E-state index in [0.29, 0.717) is 52.5 Å². The zero-order chi connectivity index (χ0) is 21.1. The molecule has 0 N–H and O–H groups in total. The van der Waals surface area contributed by atoms with Gasteiger partial charge in [-0.05, 0) is 46.5 Å². The average molecular weight is 403 g/mol. The lowest BCUT2D eigenvalue weighted by Crippen LogP contribution is -2.23. The van der Waals surface area contributed by atoms with Gasteiger partial charge in [0.2, 0.25) is 0 Å². The molecule has 0 radical (unpaired) electrons. The fourth-order valence-electron chi connectivity index (χ4n) is 2.11. The highest BCUT2D eigenvalue weighted by Gasteiger charge is 2.15. The SMILES string of the molecule is C=CCOC(=O)CCCCOCCOCCOCCCCC(=O)OC(C)(C)C. The summed E-state index contributed by atoms with van der Waals surface area (Å²) in [5.74, 6) is -0.364. The summed E-state index contributed by atoms with van der Waals surface area (Å²) in [6.45, 7) is 12.6. The van der Waals surface area contributed by atoms with Crippen molar-refractivity contribution in [2.45, 2.75) is 64.9 Å². The molecule has 0 aromatic carbocycles. The Morgan fingerprint density at radius 1 is 0.750 bits per heavy atom. The standard InChI is InChI=1S/C21H38O7/c1-5-12-27-19(22)10-6-8-13-24-15-17-26-18-16-25-14-9-7-11-20(23)28-21(2,3)4/h5H,1,6-18H2,2-4H3. The van der Waals surface area contributed by atoms with Gasteiger partial charge in [-0.1, -0.05) is 12.7 Å². The van der Waals surface area contributed by atoms with Crippen LogP contribution in [0.4, 0.5) is 0 Å². The Labute approximate surface area is 169 Å². The van der Waals surface area contributed by atoms with E-state index in [9.17, 15) is 9.59 Å². The summed E-state index contributed by atoms with van der Waals surface area (Å²) < 4.78 is 26.4. The molecule has 0 saturated carbocycles. The third kappa shape index (κ3) is 20.9. The maximum atomic E-state index is 11.5. The van der Waals surface area contributed by atoms with Crippen molar-refractivity contribution in [2.24, 2.45) is 0 Å². The number of rotatable bonds is 18. The largest absolute Gasteiger partial charge is 0.461 e. The van der Waals surface area contributed by atoms with Crippen LogP contribution in [0.3, 0.4) is 0 Å². The normalized spacial score (nSPS) is 11.2. The van der Waals surface area contributed by atoms with Gasteiger partial charge in [0.15, 0.2) is 0 Å². The molecule has 7 nitrogen and oxygen atoms in total. The van der Waals surface area contributed by atoms with Crippen molar-refractivity contribution in [3.63, 3.8) is 0 Å². The number of hydrogen-bond donors (Lipinski definition) is 0. The van der Waals surface area contributed by atoms with Crippen molar-refractivity contribution >= 4 is 11.9 Å². The van der Waals surface area contributed by atoms with Gasteiger partial charge >= 0.3 is 11.9 Å². The Hall–Kier alpha value is -1.44. The number of esters is 2. The van der Waals surface area contributed by atoms with Crippen molar-refractivity contribution in [2.75, 3.05) is 46.2 Å². The molecule has 0 spiro atoms. The molecule has 0 heterocycles. The van der Waals surface area contributed by atoms with E-state index < -0.39 is 5.60 Å². The number of hydrogen-bond acceptors (Lipinski definition) is 7. The number of ether oxygens (including phenoxy) is 5. The third-order valence-corrected chi connectivity index (χ3v) is 3.37. The van der Waals surface area contributed by atoms with Crippen molar-refractivity contribution < 1.29 is 33.3 Å². The van der Waals surface area contributed by atoms with Crippen molar-refractivity contribution in [3.05, 3.63) is 12.7 Å². The van der Waals surface area contributed by atoms with E-state index in [1.165, 1.54) is 0 Å². The maximum Gasteiger partial charge on any atom is 0.306 e. The number of carbonyl (C=O) groups is 2. The number of carbonyl (C=O) groups excluding carboxylic acids is 2. The first-order valence-electron chi connectivity index (χ1n) is 10.1. The van der Waals surface area contributed by atoms with Gasteiger partial charge < -0.3 is 23.7 Å². The van der Waals surface area contributed by atoms with Gasteiger partial charge in [-0.3, -0.25) is 9.59 Å². The molecule has 0 aliphatic heterocycles. The van der Waals surface area contributed by atoms with E-state index in [-0.39, 0.29) is 18.5 Å². The molecular formula is C21H38O7. The van der Waals surface area contributed by atoms with Crippen LogP contribution in [0.15, 0.2) is 12.7 Å². The van der Waals surface area contributed by atoms with Crippen LogP contribution in [-0.4, -0.2) is 63.8 Å². The molecule has 164 valence electrons. The van der Waals surface area contributed by atoms with Crippen molar-refractivity contribution in [3.8, 4) is 0 Å². The summed E-state index contributed by atoms with van der Waals surface area (Å²) >= 11 is 0. The highest BCUT2D eigenvalue weighted by atomic mass is 16.6. The van der Waals surface area contributed by atoms with E-state index in [0.717, 1.165) is 25.7 Å². The molecule has 0 aromatic rings. The quantitative estimate of drug-likeness (QED) is 0.197. The van der Waals surface area contributed by atoms with E-state index in [4.69, 9.17) is 23.7 Å². The molecule has 28 heavy (non-hydrogen) atoms. The molecule has 0 unspecified atom stereocenters. The van der Waals surface area contributed by atoms with Crippen LogP contribution >= 0.6 is 0 Å². The summed E-state index contributed by atoms with van der Waals surface area (Å²) in [5.41, 5.74) is -0.423. The molecule has 0 fully saturated rings. The van der Waals surface area contributed by atoms with E-state index in [2.05, 4.69) is 6.58 Å². The van der Waals surface area contributed by atoms with Crippen LogP contribution < -0.4 is 0 Å². The lowest BCUT2D eigenvalue weighted by atomic mass is 10.2. The summed E-state index contributed by atoms with van der Waals surface area (Å²) in [7, 11) is 0. The van der Waals surface area contributed by atoms with Crippen molar-refractivity contribution in [1.29, 1.82) is 0 Å². The van der Waals surface area contributed by atoms with Gasteiger partial charge in [-0.15, -0.1) is 0 Å². The van der Waals surface area contributed by atoms with Crippen LogP contribution in [-0.2, 0) is 33.3 Å². The Morgan fingerprint density at radius 2 is 1.21 bits per heavy atom. The van der Waals surface area contributed by atoms with Crippen LogP contribution in [0.1, 0.15) is 59.3 Å². The first-order chi connectivity index (χ1) is 13.3. The Morgan fingerprint density at radius 3 is 1.68 bits per heavy atom. The van der Waals surface area contributed by atoms with E-state index >= 15 is 0 Å². The predicted molar refractivity (Wildman–Crippen MR) is 107 cm³/mol. The Balaban J connectivity index is 3.21. The third-order valence-electron chi connectivity index (χ3n) is 3.37. The minimum Gasteiger partial charge on any atom is -0.461 e. The summed E-state index contributed by atoms with van der Waals surface area (Å²) in [5, 5.41) is 0. The molecular weight excluding hydrogens is 364 g/mol. The second kappa shape index (κ2) is 17.6. The van der Waals surface area contributed by atoms with Crippen molar-refractivity contribution in [1.82, 2.24) is 0 Å². The first-order valence-corrected chi connectivity index (χ1v) is 10.1. The van der Waals surface area contributed by atoms with Crippen LogP contribution in [0.5, 0.6) is 0 Å². The molecule has 0 amide bonds. The maximum absolute atomic E-state index is 11.5. The highest BCUT2D eigenvalue weighted by molar-refractivity contribution is 5.69. The first kappa shape index (κ1) is 26.6. The zero-order valence-electron chi connectivity index (χ0n) is 17.8. The molecule has 0 aliphatic carbocycles. The lowest BCUT2D eigenvalue weighted by molar-refractivity contribution is -0.155. The fraction of sp³-hybridized carbons (Fsp3) is 0.810. The average Bonchev–Trinajstić information content (AvgIpc) is 2.61. The van der Waals surface area contributed by atoms with Gasteiger partial charge in [0.05, 0.1) is 26.4 Å². The Kier molecular flexibility index (Phi) is 16.7. The van der Waals surface area contributed by atoms with E-state index in [1.807, 2.05) is 20.8 Å². The van der Waals surface area contributed by atoms with Gasteiger partial charge in [0.25, 0.3) is 0 Å². The second-order valence-corrected chi connectivity index (χ2v) is 7.31. The monoisotopic (exact) mass is 402 g/mol. The summed E-state index contributed by atoms with van der Waals surface area (Å²) in [6.07, 6.45) is 5.53. The van der Waals surface area contributed by atoms with E-state index in [1.54, 1.807) is 6.08 Å². The molecule has 0 aliphatic rings. The molecule has 0 atom stereocenters. The van der Waals surface area contributed by atoms with Crippen LogP contribution in [0.25, 0.3) is 0 Å². The topological polar surface area (TPSA) is 80.3 Å². The van der Waals surface area contributed by atoms with Gasteiger partial charge in [0, 0.05) is 26.1 Å². The summed E-state index contributed by atoms with van der Waals surface area (Å²) in [4.78, 5) is 22.8. The highest BCUT2D eigenvalue weighted by Crippen LogP contribution is 2.09. The van der Waals surface area contributed by atoms with Gasteiger partial charge in [-0.25, -0.2) is 0 Å². The molecule has 0 saturated heterocycles. The minimum absolute atomic E-state index is 0.163. The van der Waals surface area contributed by atoms with Crippen LogP contribution in [0, 0.1) is 0 Å². The lowest BCUT2D eigenvalue weighted by Gasteiger charge is -2.19. The smallest absolute Gasteiger partial charge is 0.306 e. The summed E-state index contributed by atoms with van der Waals surface area (Å²) in [6, 6.07) is 0. The van der Waals surface area contributed by atoms with Crippen LogP contribution in [0.2, 0.25) is 0 Å². The number of unbranched alkanes of at least 4 members (excludes halogenated alkanes) is 2. The fourth-order valence-corrected chi connectivity index (χ4v) is 2.11. The second-order valence-electron chi connectivity index (χ2n) is 7.31. The van der Waals surface area contributed by atoms with Gasteiger partial charge in [0.1, 0.15) is 12.2 Å². The molecule has 0 rings (SSSR count). The molecule has 0 bridgehead atoms. The van der Waals surface area contributed by atoms with Gasteiger partial charge in [-0.2, -0.15) is 0 Å². The predicted octanol–water partition coefficient (Wildman–Crippen LogP) is 3.45. The molecule has 7 heteroatoms. The Bertz CT molecular complexity index is 415. The molecule has 0 aromatic heterocycles.